The van der Waals surface area contributed by atoms with Crippen molar-refractivity contribution in [1.29, 1.82) is 0 Å². The Morgan fingerprint density at radius 1 is 1.47 bits per heavy atom. The second-order valence-corrected chi connectivity index (χ2v) is 7.14. The van der Waals surface area contributed by atoms with Gasteiger partial charge in [0.2, 0.25) is 0 Å². The number of anilines is 1. The van der Waals surface area contributed by atoms with Crippen molar-refractivity contribution in [2.75, 3.05) is 23.4 Å². The minimum Gasteiger partial charge on any atom is -0.382 e. The molecule has 1 aromatic carbocycles. The first kappa shape index (κ1) is 13.6. The third kappa shape index (κ3) is 3.04. The van der Waals surface area contributed by atoms with Crippen molar-refractivity contribution < 1.29 is 4.74 Å². The van der Waals surface area contributed by atoms with Crippen LogP contribution in [0.2, 0.25) is 5.02 Å². The van der Waals surface area contributed by atoms with E-state index >= 15 is 0 Å². The summed E-state index contributed by atoms with van der Waals surface area (Å²) in [5, 5.41) is 4.46. The van der Waals surface area contributed by atoms with E-state index in [1.807, 2.05) is 24.8 Å². The van der Waals surface area contributed by atoms with Crippen LogP contribution < -0.4 is 5.32 Å². The molecule has 2 saturated heterocycles. The highest BCUT2D eigenvalue weighted by molar-refractivity contribution is 7.99. The Labute approximate surface area is 124 Å². The summed E-state index contributed by atoms with van der Waals surface area (Å²) in [5.74, 6) is 2.39. The molecule has 4 heteroatoms. The highest BCUT2D eigenvalue weighted by Crippen LogP contribution is 2.39. The second kappa shape index (κ2) is 5.55. The van der Waals surface area contributed by atoms with E-state index in [-0.39, 0.29) is 5.60 Å². The minimum atomic E-state index is 0.134. The Morgan fingerprint density at radius 2 is 2.37 bits per heavy atom. The highest BCUT2D eigenvalue weighted by atomic mass is 35.5. The maximum atomic E-state index is 6.18. The van der Waals surface area contributed by atoms with Crippen molar-refractivity contribution in [1.82, 2.24) is 0 Å². The molecule has 2 heterocycles. The van der Waals surface area contributed by atoms with E-state index in [4.69, 9.17) is 16.3 Å². The summed E-state index contributed by atoms with van der Waals surface area (Å²) in [6.45, 7) is 2.91. The Kier molecular flexibility index (Phi) is 3.97. The zero-order valence-corrected chi connectivity index (χ0v) is 12.8. The van der Waals surface area contributed by atoms with Gasteiger partial charge in [0.25, 0.3) is 0 Å². The number of thioether (sulfide) groups is 1. The molecule has 2 unspecified atom stereocenters. The number of nitrogens with one attached hydrogen (secondary N) is 1. The lowest BCUT2D eigenvalue weighted by Crippen LogP contribution is -2.44. The fraction of sp³-hybridized carbons (Fsp3) is 0.600. The van der Waals surface area contributed by atoms with Crippen LogP contribution in [0.3, 0.4) is 0 Å². The number of aryl methyl sites for hydroxylation is 1. The van der Waals surface area contributed by atoms with Gasteiger partial charge < -0.3 is 10.1 Å². The molecule has 2 aliphatic heterocycles. The molecule has 3 rings (SSSR count). The Hall–Kier alpha value is -0.380. The molecule has 0 bridgehead atoms. The van der Waals surface area contributed by atoms with Gasteiger partial charge in [0.05, 0.1) is 5.60 Å². The average molecular weight is 298 g/mol. The molecule has 2 aliphatic rings. The van der Waals surface area contributed by atoms with Crippen LogP contribution >= 0.6 is 23.4 Å². The summed E-state index contributed by atoms with van der Waals surface area (Å²) < 4.78 is 6.05. The van der Waals surface area contributed by atoms with Crippen molar-refractivity contribution in [3.8, 4) is 0 Å². The zero-order valence-electron chi connectivity index (χ0n) is 11.2. The molecule has 104 valence electrons. The Morgan fingerprint density at radius 3 is 3.11 bits per heavy atom. The van der Waals surface area contributed by atoms with Crippen molar-refractivity contribution in [2.24, 2.45) is 0 Å². The van der Waals surface area contributed by atoms with Crippen LogP contribution in [0, 0.1) is 6.92 Å². The summed E-state index contributed by atoms with van der Waals surface area (Å²) >= 11 is 8.20. The predicted molar refractivity (Wildman–Crippen MR) is 83.5 cm³/mol. The lowest BCUT2D eigenvalue weighted by molar-refractivity contribution is -0.0628. The van der Waals surface area contributed by atoms with Gasteiger partial charge in [0.1, 0.15) is 0 Å². The molecule has 1 aromatic rings. The smallest absolute Gasteiger partial charge is 0.0799 e. The minimum absolute atomic E-state index is 0.134. The lowest BCUT2D eigenvalue weighted by Gasteiger charge is -2.38. The summed E-state index contributed by atoms with van der Waals surface area (Å²) in [6.07, 6.45) is 3.40. The third-order valence-electron chi connectivity index (χ3n) is 4.10. The van der Waals surface area contributed by atoms with Gasteiger partial charge in [-0.1, -0.05) is 17.7 Å². The SMILES string of the molecule is Cc1ccc(NC2CCOC3(CCSC3)C2)cc1Cl. The molecule has 19 heavy (non-hydrogen) atoms. The highest BCUT2D eigenvalue weighted by Gasteiger charge is 2.40. The quantitative estimate of drug-likeness (QED) is 0.887. The van der Waals surface area contributed by atoms with Crippen molar-refractivity contribution in [3.63, 3.8) is 0 Å². The van der Waals surface area contributed by atoms with Crippen molar-refractivity contribution >= 4 is 29.1 Å². The maximum absolute atomic E-state index is 6.18. The van der Waals surface area contributed by atoms with E-state index < -0.39 is 0 Å². The van der Waals surface area contributed by atoms with E-state index in [0.29, 0.717) is 6.04 Å². The molecular weight excluding hydrogens is 278 g/mol. The van der Waals surface area contributed by atoms with E-state index in [0.717, 1.165) is 41.5 Å². The molecule has 0 aromatic heterocycles. The molecule has 2 nitrogen and oxygen atoms in total. The number of benzene rings is 1. The van der Waals surface area contributed by atoms with Crippen LogP contribution in [-0.4, -0.2) is 29.8 Å². The number of halogens is 1. The molecule has 0 aliphatic carbocycles. The van der Waals surface area contributed by atoms with E-state index in [1.54, 1.807) is 0 Å². The number of hydrogen-bond donors (Lipinski definition) is 1. The maximum Gasteiger partial charge on any atom is 0.0799 e. The monoisotopic (exact) mass is 297 g/mol. The van der Waals surface area contributed by atoms with Crippen LogP contribution in [-0.2, 0) is 4.74 Å². The van der Waals surface area contributed by atoms with Gasteiger partial charge in [-0.3, -0.25) is 0 Å². The number of rotatable bonds is 2. The molecular formula is C15H20ClNOS. The van der Waals surface area contributed by atoms with Crippen LogP contribution in [0.5, 0.6) is 0 Å². The Bertz CT molecular complexity index is 459. The first-order valence-corrected chi connectivity index (χ1v) is 8.45. The van der Waals surface area contributed by atoms with Crippen molar-refractivity contribution in [3.05, 3.63) is 28.8 Å². The van der Waals surface area contributed by atoms with Crippen LogP contribution in [0.4, 0.5) is 5.69 Å². The standard InChI is InChI=1S/C15H20ClNOS/c1-11-2-3-12(8-14(11)16)17-13-4-6-18-15(9-13)5-7-19-10-15/h2-3,8,13,17H,4-7,9-10H2,1H3. The molecule has 1 spiro atoms. The van der Waals surface area contributed by atoms with Gasteiger partial charge in [0.15, 0.2) is 0 Å². The number of hydrogen-bond acceptors (Lipinski definition) is 3. The van der Waals surface area contributed by atoms with E-state index in [9.17, 15) is 0 Å². The second-order valence-electron chi connectivity index (χ2n) is 5.63. The van der Waals surface area contributed by atoms with Crippen LogP contribution in [0.25, 0.3) is 0 Å². The van der Waals surface area contributed by atoms with Gasteiger partial charge in [-0.05, 0) is 49.6 Å². The van der Waals surface area contributed by atoms with Gasteiger partial charge >= 0.3 is 0 Å². The normalized spacial score (nSPS) is 30.7. The molecule has 2 fully saturated rings. The van der Waals surface area contributed by atoms with Crippen molar-refractivity contribution in [2.45, 2.75) is 37.8 Å². The van der Waals surface area contributed by atoms with E-state index in [2.05, 4.69) is 17.4 Å². The summed E-state index contributed by atoms with van der Waals surface area (Å²) in [7, 11) is 0. The van der Waals surface area contributed by atoms with E-state index in [1.165, 1.54) is 12.2 Å². The molecule has 0 amide bonds. The zero-order chi connectivity index (χ0) is 13.3. The van der Waals surface area contributed by atoms with Crippen LogP contribution in [0.1, 0.15) is 24.8 Å². The first-order chi connectivity index (χ1) is 9.17. The largest absolute Gasteiger partial charge is 0.382 e. The first-order valence-electron chi connectivity index (χ1n) is 6.91. The molecule has 0 saturated carbocycles. The summed E-state index contributed by atoms with van der Waals surface area (Å²) in [5.41, 5.74) is 2.39. The Balaban J connectivity index is 1.67. The summed E-state index contributed by atoms with van der Waals surface area (Å²) in [4.78, 5) is 0. The van der Waals surface area contributed by atoms with Gasteiger partial charge in [-0.25, -0.2) is 0 Å². The predicted octanol–water partition coefficient (Wildman–Crippen LogP) is 4.12. The van der Waals surface area contributed by atoms with Gasteiger partial charge in [0, 0.05) is 29.1 Å². The fourth-order valence-corrected chi connectivity index (χ4v) is 4.49. The molecule has 0 radical (unpaired) electrons. The van der Waals surface area contributed by atoms with Gasteiger partial charge in [-0.15, -0.1) is 0 Å². The lowest BCUT2D eigenvalue weighted by atomic mass is 9.90. The van der Waals surface area contributed by atoms with Crippen LogP contribution in [0.15, 0.2) is 18.2 Å². The fourth-order valence-electron chi connectivity index (χ4n) is 2.93. The number of ether oxygens (including phenoxy) is 1. The molecule has 1 N–H and O–H groups in total. The molecule has 2 atom stereocenters. The summed E-state index contributed by atoms with van der Waals surface area (Å²) in [6, 6.07) is 6.73. The topological polar surface area (TPSA) is 21.3 Å². The third-order valence-corrected chi connectivity index (χ3v) is 5.73. The van der Waals surface area contributed by atoms with Gasteiger partial charge in [-0.2, -0.15) is 11.8 Å². The average Bonchev–Trinajstić information content (AvgIpc) is 2.82.